The Bertz CT molecular complexity index is 2290. The quantitative estimate of drug-likeness (QED) is 0.183. The van der Waals surface area contributed by atoms with Gasteiger partial charge in [0.05, 0.1) is 0 Å². The summed E-state index contributed by atoms with van der Waals surface area (Å²) in [5.41, 5.74) is 18.7. The third kappa shape index (κ3) is 3.98. The fraction of sp³-hybridized carbons (Fsp3) is 0.156. The molecule has 0 amide bonds. The van der Waals surface area contributed by atoms with E-state index in [9.17, 15) is 0 Å². The largest absolute Gasteiger partial charge is 0.0622 e. The molecule has 7 aromatic carbocycles. The van der Waals surface area contributed by atoms with Crippen LogP contribution < -0.4 is 0 Å². The lowest BCUT2D eigenvalue weighted by atomic mass is 9.79. The van der Waals surface area contributed by atoms with E-state index in [2.05, 4.69) is 163 Å². The number of benzene rings is 7. The summed E-state index contributed by atoms with van der Waals surface area (Å²) in [6, 6.07) is 45.4. The number of fused-ring (bicyclic) bond motifs is 5. The Balaban J connectivity index is 1.59. The minimum atomic E-state index is -0.0595. The van der Waals surface area contributed by atoms with Gasteiger partial charge in [-0.05, 0) is 133 Å². The second kappa shape index (κ2) is 10.0. The van der Waals surface area contributed by atoms with E-state index in [4.69, 9.17) is 0 Å². The van der Waals surface area contributed by atoms with Crippen molar-refractivity contribution in [2.75, 3.05) is 0 Å². The van der Waals surface area contributed by atoms with Crippen LogP contribution in [-0.2, 0) is 5.41 Å². The molecule has 0 atom stereocenters. The highest BCUT2D eigenvalue weighted by Crippen LogP contribution is 2.55. The molecular weight excluding hydrogens is 540 g/mol. The zero-order valence-corrected chi connectivity index (χ0v) is 27.0. The van der Waals surface area contributed by atoms with Crippen LogP contribution in [0.15, 0.2) is 121 Å². The van der Waals surface area contributed by atoms with Crippen LogP contribution in [0, 0.1) is 27.7 Å². The molecule has 0 N–H and O–H groups in total. The number of hydrogen-bond donors (Lipinski definition) is 0. The van der Waals surface area contributed by atoms with Gasteiger partial charge < -0.3 is 0 Å². The zero-order chi connectivity index (χ0) is 31.0. The van der Waals surface area contributed by atoms with Gasteiger partial charge in [0.25, 0.3) is 0 Å². The van der Waals surface area contributed by atoms with Gasteiger partial charge in [0, 0.05) is 5.41 Å². The third-order valence-electron chi connectivity index (χ3n) is 10.6. The Hall–Kier alpha value is -4.94. The van der Waals surface area contributed by atoms with E-state index in [1.807, 2.05) is 0 Å². The molecule has 0 nitrogen and oxygen atoms in total. The number of hydrogen-bond acceptors (Lipinski definition) is 0. The van der Waals surface area contributed by atoms with Crippen LogP contribution in [0.2, 0.25) is 0 Å². The summed E-state index contributed by atoms with van der Waals surface area (Å²) in [5.74, 6) is 0. The van der Waals surface area contributed by atoms with Crippen LogP contribution in [-0.4, -0.2) is 0 Å². The molecule has 7 aromatic rings. The summed E-state index contributed by atoms with van der Waals surface area (Å²) in [4.78, 5) is 0. The average Bonchev–Trinajstić information content (AvgIpc) is 3.30. The summed E-state index contributed by atoms with van der Waals surface area (Å²) in [5, 5.41) is 5.23. The summed E-state index contributed by atoms with van der Waals surface area (Å²) < 4.78 is 0. The predicted molar refractivity (Wildman–Crippen MR) is 194 cm³/mol. The Morgan fingerprint density at radius 3 is 1.69 bits per heavy atom. The molecule has 0 aromatic heterocycles. The Morgan fingerprint density at radius 1 is 0.378 bits per heavy atom. The van der Waals surface area contributed by atoms with Crippen LogP contribution in [0.25, 0.3) is 66.1 Å². The van der Waals surface area contributed by atoms with Gasteiger partial charge in [-0.1, -0.05) is 129 Å². The first-order chi connectivity index (χ1) is 21.8. The summed E-state index contributed by atoms with van der Waals surface area (Å²) >= 11 is 0. The summed E-state index contributed by atoms with van der Waals surface area (Å²) in [7, 11) is 0. The van der Waals surface area contributed by atoms with Crippen molar-refractivity contribution in [3.8, 4) is 44.5 Å². The topological polar surface area (TPSA) is 0 Å². The van der Waals surface area contributed by atoms with E-state index in [0.29, 0.717) is 0 Å². The lowest BCUT2D eigenvalue weighted by Crippen LogP contribution is -2.14. The van der Waals surface area contributed by atoms with Crippen LogP contribution in [0.1, 0.15) is 47.2 Å². The maximum atomic E-state index is 2.45. The van der Waals surface area contributed by atoms with E-state index in [0.717, 1.165) is 0 Å². The van der Waals surface area contributed by atoms with Crippen LogP contribution in [0.3, 0.4) is 0 Å². The van der Waals surface area contributed by atoms with Crippen molar-refractivity contribution in [3.05, 3.63) is 155 Å². The van der Waals surface area contributed by atoms with Crippen molar-refractivity contribution >= 4 is 21.5 Å². The van der Waals surface area contributed by atoms with Gasteiger partial charge >= 0.3 is 0 Å². The van der Waals surface area contributed by atoms with Crippen molar-refractivity contribution < 1.29 is 0 Å². The van der Waals surface area contributed by atoms with Crippen LogP contribution >= 0.6 is 0 Å². The van der Waals surface area contributed by atoms with Crippen molar-refractivity contribution in [2.24, 2.45) is 0 Å². The van der Waals surface area contributed by atoms with Gasteiger partial charge in [0.2, 0.25) is 0 Å². The molecule has 0 aliphatic heterocycles. The normalized spacial score (nSPS) is 13.3. The smallest absolute Gasteiger partial charge is 0.0159 e. The Labute approximate surface area is 267 Å². The fourth-order valence-electron chi connectivity index (χ4n) is 8.10. The monoisotopic (exact) mass is 578 g/mol. The first kappa shape index (κ1) is 27.6. The van der Waals surface area contributed by atoms with Gasteiger partial charge in [-0.15, -0.1) is 0 Å². The maximum Gasteiger partial charge on any atom is 0.0159 e. The summed E-state index contributed by atoms with van der Waals surface area (Å²) in [6.07, 6.45) is 0. The molecule has 0 unspecified atom stereocenters. The molecule has 1 aliphatic carbocycles. The fourth-order valence-corrected chi connectivity index (χ4v) is 8.10. The first-order valence-electron chi connectivity index (χ1n) is 16.1. The van der Waals surface area contributed by atoms with Crippen molar-refractivity contribution in [1.29, 1.82) is 0 Å². The minimum absolute atomic E-state index is 0.0595. The molecule has 0 heteroatoms. The van der Waals surface area contributed by atoms with Crippen LogP contribution in [0.4, 0.5) is 0 Å². The molecule has 1 aliphatic rings. The lowest BCUT2D eigenvalue weighted by Gasteiger charge is -2.24. The molecular formula is C45H38. The van der Waals surface area contributed by atoms with Crippen molar-refractivity contribution in [3.63, 3.8) is 0 Å². The van der Waals surface area contributed by atoms with Gasteiger partial charge in [-0.3, -0.25) is 0 Å². The highest BCUT2D eigenvalue weighted by atomic mass is 14.4. The second-order valence-corrected chi connectivity index (χ2v) is 13.5. The molecule has 0 spiro atoms. The molecule has 0 fully saturated rings. The first-order valence-corrected chi connectivity index (χ1v) is 16.1. The van der Waals surface area contributed by atoms with E-state index in [-0.39, 0.29) is 5.41 Å². The van der Waals surface area contributed by atoms with Gasteiger partial charge in [-0.2, -0.15) is 0 Å². The number of rotatable bonds is 3. The summed E-state index contributed by atoms with van der Waals surface area (Å²) in [6.45, 7) is 13.9. The average molecular weight is 579 g/mol. The molecule has 0 radical (unpaired) electrons. The molecule has 218 valence electrons. The van der Waals surface area contributed by atoms with E-state index < -0.39 is 0 Å². The van der Waals surface area contributed by atoms with Gasteiger partial charge in [0.1, 0.15) is 0 Å². The molecule has 0 heterocycles. The van der Waals surface area contributed by atoms with Gasteiger partial charge in [-0.25, -0.2) is 0 Å². The molecule has 45 heavy (non-hydrogen) atoms. The predicted octanol–water partition coefficient (Wildman–Crippen LogP) is 12.5. The Morgan fingerprint density at radius 2 is 0.956 bits per heavy atom. The van der Waals surface area contributed by atoms with Gasteiger partial charge in [0.15, 0.2) is 0 Å². The zero-order valence-electron chi connectivity index (χ0n) is 27.0. The molecule has 0 saturated heterocycles. The maximum absolute atomic E-state index is 2.45. The second-order valence-electron chi connectivity index (χ2n) is 13.5. The van der Waals surface area contributed by atoms with E-state index in [1.54, 1.807) is 0 Å². The minimum Gasteiger partial charge on any atom is -0.0622 e. The molecule has 0 bridgehead atoms. The lowest BCUT2D eigenvalue weighted by molar-refractivity contribution is 0.660. The van der Waals surface area contributed by atoms with Crippen LogP contribution in [0.5, 0.6) is 0 Å². The van der Waals surface area contributed by atoms with E-state index in [1.165, 1.54) is 99.4 Å². The standard InChI is InChI=1S/C45H38/c1-27-25-28(2)30(4)41(29(27)3)44-34-18-11-10-17-33(34)42(38-26-32(23-24-35(38)44)31-15-8-7-9-16-31)37-20-14-22-40-43(37)36-19-12-13-21-39(36)45(40,5)6/h7-26H,1-6H3. The SMILES string of the molecule is Cc1cc(C)c(C)c(-c2c3ccccc3c(-c3cccc4c3-c3ccccc3C4(C)C)c3cc(-c4ccccc4)ccc23)c1C. The third-order valence-corrected chi connectivity index (χ3v) is 10.6. The van der Waals surface area contributed by atoms with E-state index >= 15 is 0 Å². The number of aryl methyl sites for hydroxylation is 2. The van der Waals surface area contributed by atoms with Crippen molar-refractivity contribution in [1.82, 2.24) is 0 Å². The highest BCUT2D eigenvalue weighted by molar-refractivity contribution is 6.23. The molecule has 0 saturated carbocycles. The Kier molecular flexibility index (Phi) is 6.16. The van der Waals surface area contributed by atoms with Crippen molar-refractivity contribution in [2.45, 2.75) is 47.0 Å². The molecule has 8 rings (SSSR count). The highest BCUT2D eigenvalue weighted by Gasteiger charge is 2.37.